The molecule has 1 atom stereocenters. The number of hydrogen-bond donors (Lipinski definition) is 1. The first-order valence-corrected chi connectivity index (χ1v) is 4.33. The molecule has 0 aromatic carbocycles. The van der Waals surface area contributed by atoms with Gasteiger partial charge in [-0.2, -0.15) is 0 Å². The fraction of sp³-hybridized carbons (Fsp3) is 0.667. The van der Waals surface area contributed by atoms with Crippen LogP contribution in [-0.2, 0) is 4.79 Å². The third kappa shape index (κ3) is 3.46. The second-order valence-corrected chi connectivity index (χ2v) is 3.00. The minimum Gasteiger partial charge on any atom is -0.316 e. The highest BCUT2D eigenvalue weighted by Crippen LogP contribution is 2.11. The lowest BCUT2D eigenvalue weighted by Gasteiger charge is -2.01. The molecule has 3 nitrogen and oxygen atoms in total. The van der Waals surface area contributed by atoms with Gasteiger partial charge in [-0.3, -0.25) is 0 Å². The van der Waals surface area contributed by atoms with E-state index >= 15 is 0 Å². The minimum atomic E-state index is 0.476. The third-order valence-corrected chi connectivity index (χ3v) is 2.06. The summed E-state index contributed by atoms with van der Waals surface area (Å²) in [5, 5.41) is 3.30. The number of aliphatic imine (C=N–C) groups is 1. The van der Waals surface area contributed by atoms with E-state index in [1.807, 2.05) is 6.08 Å². The van der Waals surface area contributed by atoms with E-state index in [4.69, 9.17) is 0 Å². The van der Waals surface area contributed by atoms with Crippen molar-refractivity contribution in [2.45, 2.75) is 12.8 Å². The van der Waals surface area contributed by atoms with E-state index in [1.54, 1.807) is 0 Å². The van der Waals surface area contributed by atoms with Crippen LogP contribution in [0.3, 0.4) is 0 Å². The van der Waals surface area contributed by atoms with E-state index in [0.29, 0.717) is 6.54 Å². The Morgan fingerprint density at radius 2 is 2.50 bits per heavy atom. The SMILES string of the molecule is O=C=NC/C=C\CC1CCNC1. The summed E-state index contributed by atoms with van der Waals surface area (Å²) in [6.07, 6.45) is 7.89. The molecule has 0 amide bonds. The van der Waals surface area contributed by atoms with Crippen LogP contribution in [0.1, 0.15) is 12.8 Å². The summed E-state index contributed by atoms with van der Waals surface area (Å²) in [4.78, 5) is 13.1. The maximum absolute atomic E-state index is 9.69. The second-order valence-electron chi connectivity index (χ2n) is 3.00. The number of carbonyl (C=O) groups excluding carboxylic acids is 1. The molecule has 1 aliphatic heterocycles. The van der Waals surface area contributed by atoms with Crippen LogP contribution < -0.4 is 5.32 Å². The highest BCUT2D eigenvalue weighted by atomic mass is 16.1. The van der Waals surface area contributed by atoms with E-state index in [2.05, 4.69) is 16.4 Å². The molecule has 3 heteroatoms. The second kappa shape index (κ2) is 5.70. The summed E-state index contributed by atoms with van der Waals surface area (Å²) in [6, 6.07) is 0. The fourth-order valence-electron chi connectivity index (χ4n) is 1.37. The summed E-state index contributed by atoms with van der Waals surface area (Å²) in [7, 11) is 0. The lowest BCUT2D eigenvalue weighted by Crippen LogP contribution is -2.08. The highest BCUT2D eigenvalue weighted by Gasteiger charge is 2.11. The van der Waals surface area contributed by atoms with Crippen LogP contribution in [0.2, 0.25) is 0 Å². The molecule has 1 rings (SSSR count). The van der Waals surface area contributed by atoms with Gasteiger partial charge in [-0.05, 0) is 31.8 Å². The maximum atomic E-state index is 9.69. The Morgan fingerprint density at radius 3 is 3.17 bits per heavy atom. The summed E-state index contributed by atoms with van der Waals surface area (Å²) in [5.41, 5.74) is 0. The normalized spacial score (nSPS) is 22.8. The molecular formula is C9H14N2O. The van der Waals surface area contributed by atoms with Crippen LogP contribution in [0.4, 0.5) is 0 Å². The standard InChI is InChI=1S/C9H14N2O/c12-8-11-5-2-1-3-9-4-6-10-7-9/h1-2,9-10H,3-7H2/b2-1-. The zero-order valence-electron chi connectivity index (χ0n) is 7.12. The first-order valence-electron chi connectivity index (χ1n) is 4.33. The summed E-state index contributed by atoms with van der Waals surface area (Å²) >= 11 is 0. The van der Waals surface area contributed by atoms with Crippen LogP contribution in [-0.4, -0.2) is 25.7 Å². The molecular weight excluding hydrogens is 152 g/mol. The van der Waals surface area contributed by atoms with E-state index in [1.165, 1.54) is 12.5 Å². The van der Waals surface area contributed by atoms with Crippen molar-refractivity contribution in [1.29, 1.82) is 0 Å². The van der Waals surface area contributed by atoms with Crippen molar-refractivity contribution < 1.29 is 4.79 Å². The van der Waals surface area contributed by atoms with Crippen molar-refractivity contribution in [3.63, 3.8) is 0 Å². The van der Waals surface area contributed by atoms with Crippen molar-refractivity contribution in [1.82, 2.24) is 5.32 Å². The van der Waals surface area contributed by atoms with E-state index in [-0.39, 0.29) is 0 Å². The first-order chi connectivity index (χ1) is 5.93. The van der Waals surface area contributed by atoms with Crippen molar-refractivity contribution in [3.05, 3.63) is 12.2 Å². The summed E-state index contributed by atoms with van der Waals surface area (Å²) in [5.74, 6) is 0.779. The van der Waals surface area contributed by atoms with Crippen molar-refractivity contribution in [3.8, 4) is 0 Å². The van der Waals surface area contributed by atoms with Gasteiger partial charge in [0.15, 0.2) is 0 Å². The molecule has 0 aliphatic carbocycles. The molecule has 0 saturated carbocycles. The number of nitrogens with zero attached hydrogens (tertiary/aromatic N) is 1. The molecule has 1 unspecified atom stereocenters. The Balaban J connectivity index is 2.07. The van der Waals surface area contributed by atoms with Gasteiger partial charge in [-0.1, -0.05) is 12.2 Å². The monoisotopic (exact) mass is 166 g/mol. The van der Waals surface area contributed by atoms with Crippen LogP contribution in [0.25, 0.3) is 0 Å². The minimum absolute atomic E-state index is 0.476. The van der Waals surface area contributed by atoms with Gasteiger partial charge >= 0.3 is 0 Å². The van der Waals surface area contributed by atoms with Crippen LogP contribution in [0, 0.1) is 5.92 Å². The van der Waals surface area contributed by atoms with Crippen LogP contribution in [0.15, 0.2) is 17.1 Å². The highest BCUT2D eigenvalue weighted by molar-refractivity contribution is 5.33. The molecule has 1 heterocycles. The van der Waals surface area contributed by atoms with Gasteiger partial charge in [0.2, 0.25) is 6.08 Å². The zero-order chi connectivity index (χ0) is 8.65. The van der Waals surface area contributed by atoms with E-state index in [0.717, 1.165) is 25.4 Å². The largest absolute Gasteiger partial charge is 0.316 e. The van der Waals surface area contributed by atoms with Crippen molar-refractivity contribution >= 4 is 6.08 Å². The Hall–Kier alpha value is -0.920. The van der Waals surface area contributed by atoms with Crippen LogP contribution >= 0.6 is 0 Å². The Bertz CT molecular complexity index is 189. The van der Waals surface area contributed by atoms with E-state index < -0.39 is 0 Å². The number of isocyanates is 1. The van der Waals surface area contributed by atoms with Gasteiger partial charge < -0.3 is 5.32 Å². The molecule has 1 saturated heterocycles. The van der Waals surface area contributed by atoms with Gasteiger partial charge in [-0.25, -0.2) is 9.79 Å². The zero-order valence-corrected chi connectivity index (χ0v) is 7.12. The fourth-order valence-corrected chi connectivity index (χ4v) is 1.37. The van der Waals surface area contributed by atoms with Crippen molar-refractivity contribution in [2.75, 3.05) is 19.6 Å². The molecule has 0 spiro atoms. The Labute approximate surface area is 72.6 Å². The molecule has 0 radical (unpaired) electrons. The Kier molecular flexibility index (Phi) is 4.35. The molecule has 12 heavy (non-hydrogen) atoms. The van der Waals surface area contributed by atoms with Gasteiger partial charge in [0.1, 0.15) is 0 Å². The molecule has 1 fully saturated rings. The molecule has 66 valence electrons. The average molecular weight is 166 g/mol. The quantitative estimate of drug-likeness (QED) is 0.382. The number of allylic oxidation sites excluding steroid dienone is 1. The molecule has 0 aromatic rings. The van der Waals surface area contributed by atoms with Gasteiger partial charge in [-0.15, -0.1) is 0 Å². The lowest BCUT2D eigenvalue weighted by molar-refractivity contribution is 0.563. The number of hydrogen-bond acceptors (Lipinski definition) is 3. The first kappa shape index (κ1) is 9.17. The smallest absolute Gasteiger partial charge is 0.235 e. The van der Waals surface area contributed by atoms with Gasteiger partial charge in [0.05, 0.1) is 6.54 Å². The summed E-state index contributed by atoms with van der Waals surface area (Å²) < 4.78 is 0. The molecule has 0 bridgehead atoms. The average Bonchev–Trinajstić information content (AvgIpc) is 2.57. The lowest BCUT2D eigenvalue weighted by atomic mass is 10.1. The Morgan fingerprint density at radius 1 is 1.58 bits per heavy atom. The van der Waals surface area contributed by atoms with Gasteiger partial charge in [0, 0.05) is 0 Å². The predicted molar refractivity (Wildman–Crippen MR) is 47.7 cm³/mol. The topological polar surface area (TPSA) is 41.5 Å². The molecule has 1 N–H and O–H groups in total. The molecule has 0 aromatic heterocycles. The number of rotatable bonds is 4. The van der Waals surface area contributed by atoms with Gasteiger partial charge in [0.25, 0.3) is 0 Å². The summed E-state index contributed by atoms with van der Waals surface area (Å²) in [6.45, 7) is 2.75. The van der Waals surface area contributed by atoms with E-state index in [9.17, 15) is 4.79 Å². The van der Waals surface area contributed by atoms with Crippen LogP contribution in [0.5, 0.6) is 0 Å². The predicted octanol–water partition coefficient (Wildman–Crippen LogP) is 0.878. The molecule has 1 aliphatic rings. The maximum Gasteiger partial charge on any atom is 0.235 e. The third-order valence-electron chi connectivity index (χ3n) is 2.06. The van der Waals surface area contributed by atoms with Crippen molar-refractivity contribution in [2.24, 2.45) is 10.9 Å². The number of nitrogens with one attached hydrogen (secondary N) is 1.